The zero-order valence-corrected chi connectivity index (χ0v) is 19.7. The van der Waals surface area contributed by atoms with E-state index in [4.69, 9.17) is 0 Å². The lowest BCUT2D eigenvalue weighted by molar-refractivity contribution is -0.136. The number of benzene rings is 2. The third-order valence-electron chi connectivity index (χ3n) is 7.34. The molecule has 0 spiro atoms. The van der Waals surface area contributed by atoms with Crippen molar-refractivity contribution < 1.29 is 26.4 Å². The van der Waals surface area contributed by atoms with E-state index in [9.17, 15) is 13.2 Å². The largest absolute Gasteiger partial charge is 0.331 e. The summed E-state index contributed by atoms with van der Waals surface area (Å²) >= 11 is 0. The van der Waals surface area contributed by atoms with Crippen molar-refractivity contribution in [3.05, 3.63) is 59.9 Å². The molecule has 10 heteroatoms. The molecule has 2 atom stereocenters. The van der Waals surface area contributed by atoms with Crippen molar-refractivity contribution in [3.8, 4) is 11.1 Å². The molecule has 3 fully saturated rings. The smallest absolute Gasteiger partial charge is 0.283 e. The summed E-state index contributed by atoms with van der Waals surface area (Å²) in [7, 11) is -1.77. The molecule has 1 heterocycles. The Bertz CT molecular complexity index is 1230. The van der Waals surface area contributed by atoms with Gasteiger partial charge < -0.3 is 4.90 Å². The monoisotopic (exact) mass is 493 g/mol. The van der Waals surface area contributed by atoms with E-state index in [1.165, 1.54) is 20.2 Å². The van der Waals surface area contributed by atoms with Gasteiger partial charge in [0.2, 0.25) is 5.91 Å². The highest BCUT2D eigenvalue weighted by molar-refractivity contribution is 7.87. The normalized spacial score (nSPS) is 29.2. The summed E-state index contributed by atoms with van der Waals surface area (Å²) in [6, 6.07) is 10.5. The maximum atomic E-state index is 15.5. The number of alkyl halides is 2. The lowest BCUT2D eigenvalue weighted by atomic mass is 9.95. The Balaban J connectivity index is 1.52. The molecule has 1 saturated heterocycles. The van der Waals surface area contributed by atoms with E-state index in [0.717, 1.165) is 9.21 Å². The minimum atomic E-state index is -4.23. The lowest BCUT2D eigenvalue weighted by Gasteiger charge is -2.30. The van der Waals surface area contributed by atoms with E-state index in [1.54, 1.807) is 42.5 Å². The zero-order chi connectivity index (χ0) is 24.5. The SMILES string of the molecule is CN(C)S(=O)(=O)N[C@@H]1[C@H](Cc2cccc(-c3ccccc3)c2F)N(C(=O)C23CC2C3)CC1(F)F. The van der Waals surface area contributed by atoms with Crippen LogP contribution < -0.4 is 4.72 Å². The summed E-state index contributed by atoms with van der Waals surface area (Å²) in [5, 5.41) is 0. The number of nitrogens with zero attached hydrogens (tertiary/aromatic N) is 2. The molecule has 1 N–H and O–H groups in total. The molecule has 34 heavy (non-hydrogen) atoms. The molecule has 2 aromatic rings. The second kappa shape index (κ2) is 7.79. The van der Waals surface area contributed by atoms with Gasteiger partial charge in [-0.05, 0) is 36.3 Å². The van der Waals surface area contributed by atoms with Gasteiger partial charge in [0, 0.05) is 19.7 Å². The van der Waals surface area contributed by atoms with Gasteiger partial charge in [0.25, 0.3) is 16.1 Å². The van der Waals surface area contributed by atoms with Crippen LogP contribution in [0.15, 0.2) is 48.5 Å². The van der Waals surface area contributed by atoms with E-state index in [1.807, 2.05) is 0 Å². The van der Waals surface area contributed by atoms with E-state index in [0.29, 0.717) is 24.0 Å². The highest BCUT2D eigenvalue weighted by atomic mass is 32.2. The van der Waals surface area contributed by atoms with E-state index < -0.39 is 46.0 Å². The maximum absolute atomic E-state index is 15.5. The quantitative estimate of drug-likeness (QED) is 0.645. The molecule has 2 aromatic carbocycles. The van der Waals surface area contributed by atoms with Gasteiger partial charge in [-0.3, -0.25) is 4.79 Å². The Morgan fingerprint density at radius 3 is 2.35 bits per heavy atom. The molecule has 0 bridgehead atoms. The Morgan fingerprint density at radius 1 is 1.12 bits per heavy atom. The van der Waals surface area contributed by atoms with Crippen LogP contribution in [0.25, 0.3) is 11.1 Å². The predicted octanol–water partition coefficient (Wildman–Crippen LogP) is 3.06. The molecule has 1 amide bonds. The van der Waals surface area contributed by atoms with Crippen LogP contribution >= 0.6 is 0 Å². The first kappa shape index (κ1) is 23.3. The fourth-order valence-electron chi connectivity index (χ4n) is 4.93. The second-order valence-electron chi connectivity index (χ2n) is 9.75. The molecule has 2 saturated carbocycles. The van der Waals surface area contributed by atoms with Crippen LogP contribution in [0.3, 0.4) is 0 Å². The van der Waals surface area contributed by atoms with Crippen LogP contribution in [-0.4, -0.2) is 62.2 Å². The standard InChI is InChI=1S/C24H26F3N3O3S/c1-29(2)34(32,33)28-21-19(30(14-24(21,26)27)22(31)23-12-17(23)13-23)11-16-9-6-10-18(20(16)25)15-7-4-3-5-8-15/h3-10,17,19,21,28H,11-14H2,1-2H3/t17?,19-,21+,23?/m0/s1. The number of fused-ring (bicyclic) bond motifs is 1. The average molecular weight is 494 g/mol. The molecule has 2 aliphatic carbocycles. The third kappa shape index (κ3) is 3.81. The van der Waals surface area contributed by atoms with Crippen molar-refractivity contribution in [1.29, 1.82) is 0 Å². The average Bonchev–Trinajstić information content (AvgIpc) is 3.65. The number of likely N-dealkylation sites (tertiary alicyclic amines) is 1. The summed E-state index contributed by atoms with van der Waals surface area (Å²) in [4.78, 5) is 14.3. The van der Waals surface area contributed by atoms with Gasteiger partial charge >= 0.3 is 0 Å². The Hall–Kier alpha value is -2.43. The number of halogens is 3. The van der Waals surface area contributed by atoms with E-state index >= 15 is 13.2 Å². The third-order valence-corrected chi connectivity index (χ3v) is 8.85. The Morgan fingerprint density at radius 2 is 1.76 bits per heavy atom. The van der Waals surface area contributed by atoms with Crippen LogP contribution in [0.1, 0.15) is 18.4 Å². The van der Waals surface area contributed by atoms with Crippen molar-refractivity contribution >= 4 is 16.1 Å². The first-order valence-electron chi connectivity index (χ1n) is 11.2. The lowest BCUT2D eigenvalue weighted by Crippen LogP contribution is -2.55. The van der Waals surface area contributed by atoms with Crippen molar-refractivity contribution in [1.82, 2.24) is 13.9 Å². The molecule has 0 radical (unpaired) electrons. The number of carbonyl (C=O) groups excluding carboxylic acids is 1. The van der Waals surface area contributed by atoms with Gasteiger partial charge in [-0.15, -0.1) is 0 Å². The highest BCUT2D eigenvalue weighted by Crippen LogP contribution is 2.76. The van der Waals surface area contributed by atoms with Crippen molar-refractivity contribution in [2.75, 3.05) is 20.6 Å². The fourth-order valence-corrected chi connectivity index (χ4v) is 5.79. The fraction of sp³-hybridized carbons (Fsp3) is 0.458. The van der Waals surface area contributed by atoms with Gasteiger partial charge in [0.1, 0.15) is 11.9 Å². The Labute approximate surface area is 196 Å². The van der Waals surface area contributed by atoms with Gasteiger partial charge in [-0.25, -0.2) is 13.2 Å². The van der Waals surface area contributed by atoms with Crippen LogP contribution in [0.2, 0.25) is 0 Å². The van der Waals surface area contributed by atoms with Crippen molar-refractivity contribution in [3.63, 3.8) is 0 Å². The summed E-state index contributed by atoms with van der Waals surface area (Å²) < 4.78 is 73.8. The highest BCUT2D eigenvalue weighted by Gasteiger charge is 2.76. The molecule has 0 unspecified atom stereocenters. The molecule has 6 nitrogen and oxygen atoms in total. The van der Waals surface area contributed by atoms with Crippen LogP contribution in [0.4, 0.5) is 13.2 Å². The minimum Gasteiger partial charge on any atom is -0.331 e. The van der Waals surface area contributed by atoms with Crippen molar-refractivity contribution in [2.45, 2.75) is 37.3 Å². The Kier molecular flexibility index (Phi) is 5.34. The first-order valence-corrected chi connectivity index (χ1v) is 12.6. The topological polar surface area (TPSA) is 69.7 Å². The van der Waals surface area contributed by atoms with Crippen LogP contribution in [-0.2, 0) is 21.4 Å². The minimum absolute atomic E-state index is 0.150. The molecule has 5 rings (SSSR count). The number of hydrogen-bond donors (Lipinski definition) is 1. The summed E-state index contributed by atoms with van der Waals surface area (Å²) in [5.41, 5.74) is 0.522. The molecular formula is C24H26F3N3O3S. The summed E-state index contributed by atoms with van der Waals surface area (Å²) in [5.74, 6) is -4.23. The molecule has 1 aliphatic heterocycles. The van der Waals surface area contributed by atoms with Gasteiger partial charge in [0.15, 0.2) is 0 Å². The zero-order valence-electron chi connectivity index (χ0n) is 18.8. The summed E-state index contributed by atoms with van der Waals surface area (Å²) in [6.07, 6.45) is 1.11. The number of rotatable bonds is 7. The number of carbonyl (C=O) groups is 1. The predicted molar refractivity (Wildman–Crippen MR) is 121 cm³/mol. The first-order chi connectivity index (χ1) is 16.0. The number of hydrogen-bond acceptors (Lipinski definition) is 3. The van der Waals surface area contributed by atoms with E-state index in [2.05, 4.69) is 4.72 Å². The number of nitrogens with one attached hydrogen (secondary N) is 1. The second-order valence-corrected chi connectivity index (χ2v) is 11.7. The van der Waals surface area contributed by atoms with Crippen LogP contribution in [0.5, 0.6) is 0 Å². The van der Waals surface area contributed by atoms with E-state index in [-0.39, 0.29) is 23.8 Å². The molecular weight excluding hydrogens is 467 g/mol. The van der Waals surface area contributed by atoms with Crippen LogP contribution in [0, 0.1) is 17.2 Å². The van der Waals surface area contributed by atoms with Gasteiger partial charge in [-0.1, -0.05) is 48.5 Å². The van der Waals surface area contributed by atoms with Crippen molar-refractivity contribution in [2.24, 2.45) is 11.3 Å². The van der Waals surface area contributed by atoms with Gasteiger partial charge in [-0.2, -0.15) is 17.4 Å². The number of amides is 1. The molecule has 3 aliphatic rings. The molecule has 182 valence electrons. The molecule has 0 aromatic heterocycles. The summed E-state index contributed by atoms with van der Waals surface area (Å²) in [6.45, 7) is -0.897. The maximum Gasteiger partial charge on any atom is 0.283 e. The van der Waals surface area contributed by atoms with Gasteiger partial charge in [0.05, 0.1) is 18.0 Å².